The Morgan fingerprint density at radius 2 is 1.90 bits per heavy atom. The largest absolute Gasteiger partial charge is 0.465 e. The van der Waals surface area contributed by atoms with Crippen LogP contribution in [0, 0.1) is 40.1 Å². The predicted molar refractivity (Wildman–Crippen MR) is 112 cm³/mol. The smallest absolute Gasteiger partial charge is 0.408 e. The monoisotopic (exact) mass is 416 g/mol. The molecule has 1 N–H and O–H groups in total. The number of benzene rings is 1. The Balaban J connectivity index is 1.90. The van der Waals surface area contributed by atoms with Crippen molar-refractivity contribution in [2.24, 2.45) is 17.3 Å². The van der Waals surface area contributed by atoms with Gasteiger partial charge in [0, 0.05) is 6.07 Å². The molecular formula is C23H29FN2O4. The van der Waals surface area contributed by atoms with Gasteiger partial charge >= 0.3 is 11.8 Å². The lowest BCUT2D eigenvalue weighted by Crippen LogP contribution is -2.65. The number of rotatable bonds is 4. The Hall–Kier alpha value is -2.44. The van der Waals surface area contributed by atoms with Gasteiger partial charge in [-0.1, -0.05) is 26.8 Å². The number of hydrogen-bond acceptors (Lipinski definition) is 3. The third kappa shape index (κ3) is 3.19. The quantitative estimate of drug-likeness (QED) is 0.498. The van der Waals surface area contributed by atoms with Gasteiger partial charge in [-0.25, -0.2) is 4.79 Å². The summed E-state index contributed by atoms with van der Waals surface area (Å²) < 4.78 is 14.5. The van der Waals surface area contributed by atoms with Gasteiger partial charge in [0.05, 0.1) is 16.5 Å². The second-order valence-electron chi connectivity index (χ2n) is 10.2. The van der Waals surface area contributed by atoms with Crippen LogP contribution in [0.15, 0.2) is 18.2 Å². The van der Waals surface area contributed by atoms with E-state index < -0.39 is 28.1 Å². The van der Waals surface area contributed by atoms with Gasteiger partial charge in [0.25, 0.3) is 0 Å². The minimum atomic E-state index is -0.893. The van der Waals surface area contributed by atoms with E-state index in [4.69, 9.17) is 0 Å². The number of nitro groups is 1. The first-order valence-corrected chi connectivity index (χ1v) is 10.6. The third-order valence-electron chi connectivity index (χ3n) is 7.26. The Bertz CT molecular complexity index is 943. The van der Waals surface area contributed by atoms with E-state index in [0.29, 0.717) is 17.5 Å². The van der Waals surface area contributed by atoms with E-state index in [9.17, 15) is 24.4 Å². The molecule has 0 bridgehead atoms. The average Bonchev–Trinajstić information content (AvgIpc) is 3.53. The summed E-state index contributed by atoms with van der Waals surface area (Å²) in [5.74, 6) is -0.306. The van der Waals surface area contributed by atoms with Crippen LogP contribution in [0.3, 0.4) is 0 Å². The number of nitrogens with zero attached hydrogens (tertiary/aromatic N) is 2. The molecule has 4 rings (SSSR count). The molecule has 1 aromatic rings. The number of nitro benzene ring substituents is 1. The number of carboxylic acid groups (broad SMARTS) is 1. The lowest BCUT2D eigenvalue weighted by molar-refractivity contribution is -0.387. The number of halogens is 1. The summed E-state index contributed by atoms with van der Waals surface area (Å²) in [5, 5.41) is 21.4. The Morgan fingerprint density at radius 1 is 1.27 bits per heavy atom. The van der Waals surface area contributed by atoms with Crippen molar-refractivity contribution in [1.82, 2.24) is 4.90 Å². The molecule has 1 amide bonds. The van der Waals surface area contributed by atoms with E-state index in [1.165, 1.54) is 12.1 Å². The van der Waals surface area contributed by atoms with E-state index in [2.05, 4.69) is 20.8 Å². The molecule has 3 aliphatic rings. The van der Waals surface area contributed by atoms with Crippen LogP contribution in [-0.2, 0) is 0 Å². The van der Waals surface area contributed by atoms with Crippen molar-refractivity contribution in [3.63, 3.8) is 0 Å². The first kappa shape index (κ1) is 20.8. The number of carbonyl (C=O) groups is 1. The molecule has 30 heavy (non-hydrogen) atoms. The lowest BCUT2D eigenvalue weighted by Gasteiger charge is -2.57. The van der Waals surface area contributed by atoms with Gasteiger partial charge < -0.3 is 5.11 Å². The van der Waals surface area contributed by atoms with E-state index in [-0.39, 0.29) is 23.3 Å². The Kier molecular flexibility index (Phi) is 4.71. The van der Waals surface area contributed by atoms with Crippen molar-refractivity contribution in [2.45, 2.75) is 71.4 Å². The molecule has 2 fully saturated rings. The second kappa shape index (κ2) is 6.79. The van der Waals surface area contributed by atoms with E-state index in [1.807, 2.05) is 6.08 Å². The second-order valence-corrected chi connectivity index (χ2v) is 10.2. The van der Waals surface area contributed by atoms with Gasteiger partial charge in [0.15, 0.2) is 0 Å². The van der Waals surface area contributed by atoms with E-state index in [0.717, 1.165) is 31.3 Å². The van der Waals surface area contributed by atoms with Gasteiger partial charge in [-0.3, -0.25) is 15.0 Å². The van der Waals surface area contributed by atoms with Gasteiger partial charge in [0.1, 0.15) is 0 Å². The SMILES string of the molecule is Cc1cc([N+](=O)[O-])c(F)cc1C1=CC(C2CC2)N(C(=O)O)C(C2CC2)(C(C)(C)C)C1. The van der Waals surface area contributed by atoms with Crippen LogP contribution in [0.1, 0.15) is 64.0 Å². The summed E-state index contributed by atoms with van der Waals surface area (Å²) in [7, 11) is 0. The summed E-state index contributed by atoms with van der Waals surface area (Å²) in [6.45, 7) is 8.04. The molecule has 2 saturated carbocycles. The van der Waals surface area contributed by atoms with E-state index >= 15 is 0 Å². The van der Waals surface area contributed by atoms with Gasteiger partial charge in [0.2, 0.25) is 5.82 Å². The lowest BCUT2D eigenvalue weighted by atomic mass is 9.62. The topological polar surface area (TPSA) is 83.7 Å². The van der Waals surface area contributed by atoms with Crippen molar-refractivity contribution in [3.8, 4) is 0 Å². The van der Waals surface area contributed by atoms with Crippen LogP contribution in [-0.4, -0.2) is 32.6 Å². The van der Waals surface area contributed by atoms with Crippen LogP contribution in [0.5, 0.6) is 0 Å². The normalized spacial score (nSPS) is 27.0. The van der Waals surface area contributed by atoms with Gasteiger partial charge in [-0.05, 0) is 79.0 Å². The third-order valence-corrected chi connectivity index (χ3v) is 7.26. The standard InChI is InChI=1S/C23H29FN2O4/c1-13-9-20(26(29)30)18(24)11-17(13)15-10-19(14-5-6-14)25(21(27)28)23(12-15,16-7-8-16)22(2,3)4/h9-11,14,16,19H,5-8,12H2,1-4H3,(H,27,28). The predicted octanol–water partition coefficient (Wildman–Crippen LogP) is 5.78. The molecule has 0 aromatic heterocycles. The Morgan fingerprint density at radius 3 is 2.37 bits per heavy atom. The van der Waals surface area contributed by atoms with Crippen molar-refractivity contribution >= 4 is 17.4 Å². The fourth-order valence-electron chi connectivity index (χ4n) is 5.54. The van der Waals surface area contributed by atoms with Crippen molar-refractivity contribution in [2.75, 3.05) is 0 Å². The molecule has 1 aliphatic heterocycles. The van der Waals surface area contributed by atoms with E-state index in [1.54, 1.807) is 11.8 Å². The summed E-state index contributed by atoms with van der Waals surface area (Å²) in [6, 6.07) is 2.31. The molecule has 0 spiro atoms. The molecule has 1 aromatic carbocycles. The zero-order valence-electron chi connectivity index (χ0n) is 17.9. The van der Waals surface area contributed by atoms with Crippen LogP contribution in [0.4, 0.5) is 14.9 Å². The number of aryl methyl sites for hydroxylation is 1. The molecule has 1 heterocycles. The molecule has 0 radical (unpaired) electrons. The molecule has 2 aliphatic carbocycles. The number of hydrogen-bond donors (Lipinski definition) is 1. The van der Waals surface area contributed by atoms with Crippen LogP contribution in [0.2, 0.25) is 0 Å². The maximum atomic E-state index is 14.5. The fraction of sp³-hybridized carbons (Fsp3) is 0.609. The highest BCUT2D eigenvalue weighted by Gasteiger charge is 2.62. The number of amides is 1. The highest BCUT2D eigenvalue weighted by molar-refractivity contribution is 5.77. The maximum absolute atomic E-state index is 14.5. The van der Waals surface area contributed by atoms with Crippen LogP contribution >= 0.6 is 0 Å². The van der Waals surface area contributed by atoms with Crippen molar-refractivity contribution < 1.29 is 19.2 Å². The molecule has 7 heteroatoms. The zero-order chi connectivity index (χ0) is 22.0. The molecule has 0 saturated heterocycles. The van der Waals surface area contributed by atoms with Crippen LogP contribution < -0.4 is 0 Å². The highest BCUT2D eigenvalue weighted by Crippen LogP contribution is 2.60. The summed E-state index contributed by atoms with van der Waals surface area (Å²) >= 11 is 0. The maximum Gasteiger partial charge on any atom is 0.408 e. The van der Waals surface area contributed by atoms with Crippen molar-refractivity contribution in [3.05, 3.63) is 45.3 Å². The molecule has 2 unspecified atom stereocenters. The molecule has 6 nitrogen and oxygen atoms in total. The van der Waals surface area contributed by atoms with Gasteiger partial charge in [-0.15, -0.1) is 0 Å². The molecular weight excluding hydrogens is 387 g/mol. The molecule has 2 atom stereocenters. The minimum Gasteiger partial charge on any atom is -0.465 e. The first-order chi connectivity index (χ1) is 14.0. The minimum absolute atomic E-state index is 0.247. The first-order valence-electron chi connectivity index (χ1n) is 10.6. The summed E-state index contributed by atoms with van der Waals surface area (Å²) in [6.07, 6.45) is 5.53. The Labute approximate surface area is 175 Å². The highest BCUT2D eigenvalue weighted by atomic mass is 19.1. The fourth-order valence-corrected chi connectivity index (χ4v) is 5.54. The summed E-state index contributed by atoms with van der Waals surface area (Å²) in [4.78, 5) is 24.7. The molecule has 162 valence electrons. The van der Waals surface area contributed by atoms with Crippen LogP contribution in [0.25, 0.3) is 5.57 Å². The zero-order valence-corrected chi connectivity index (χ0v) is 17.9. The van der Waals surface area contributed by atoms with Crippen molar-refractivity contribution in [1.29, 1.82) is 0 Å². The average molecular weight is 416 g/mol. The summed E-state index contributed by atoms with van der Waals surface area (Å²) in [5.41, 5.74) is 0.794. The van der Waals surface area contributed by atoms with Gasteiger partial charge in [-0.2, -0.15) is 4.39 Å².